The average molecular weight is 488 g/mol. The fourth-order valence-electron chi connectivity index (χ4n) is 2.79. The molecular weight excluding hydrogens is 465 g/mol. The van der Waals surface area contributed by atoms with E-state index in [-0.39, 0.29) is 0 Å². The van der Waals surface area contributed by atoms with E-state index >= 15 is 0 Å². The summed E-state index contributed by atoms with van der Waals surface area (Å²) in [6, 6.07) is 21.2. The Balaban J connectivity index is 1.46. The van der Waals surface area contributed by atoms with Gasteiger partial charge in [0.2, 0.25) is 0 Å². The fourth-order valence-corrected chi connectivity index (χ4v) is 3.53. The minimum Gasteiger partial charge on any atom is -0.490 e. The van der Waals surface area contributed by atoms with Gasteiger partial charge in [0.05, 0.1) is 16.3 Å². The van der Waals surface area contributed by atoms with E-state index in [1.165, 1.54) is 0 Å². The lowest BCUT2D eigenvalue weighted by Crippen LogP contribution is -2.31. The topological polar surface area (TPSA) is 54.9 Å². The summed E-state index contributed by atoms with van der Waals surface area (Å²) in [6.45, 7) is 3.28. The largest absolute Gasteiger partial charge is 0.490 e. The Hall–Kier alpha value is -2.80. The van der Waals surface area contributed by atoms with Crippen LogP contribution in [0.5, 0.6) is 11.5 Å². The summed E-state index contributed by atoms with van der Waals surface area (Å²) in [5, 5.41) is 8.40. The van der Waals surface area contributed by atoms with Gasteiger partial charge in [-0.3, -0.25) is 5.43 Å². The van der Waals surface area contributed by atoms with E-state index in [9.17, 15) is 0 Å². The van der Waals surface area contributed by atoms with Gasteiger partial charge in [0, 0.05) is 6.54 Å². The molecule has 0 aromatic heterocycles. The van der Waals surface area contributed by atoms with E-state index in [4.69, 9.17) is 44.9 Å². The summed E-state index contributed by atoms with van der Waals surface area (Å²) in [4.78, 5) is 0. The molecule has 5 nitrogen and oxygen atoms in total. The van der Waals surface area contributed by atoms with Crippen LogP contribution in [-0.4, -0.2) is 24.5 Å². The second-order valence-corrected chi connectivity index (χ2v) is 8.04. The second kappa shape index (κ2) is 12.3. The predicted octanol–water partition coefficient (Wildman–Crippen LogP) is 5.76. The highest BCUT2D eigenvalue weighted by Crippen LogP contribution is 2.33. The SMILES string of the molecule is Cc1ccccc1OCCOc1c(Cl)cc(C=NNC(=S)NCc2ccccc2)cc1Cl. The third kappa shape index (κ3) is 7.41. The molecule has 2 N–H and O–H groups in total. The van der Waals surface area contributed by atoms with Crippen molar-refractivity contribution in [1.29, 1.82) is 0 Å². The lowest BCUT2D eigenvalue weighted by molar-refractivity contribution is 0.216. The summed E-state index contributed by atoms with van der Waals surface area (Å²) in [5.74, 6) is 1.23. The molecule has 0 atom stereocenters. The Labute approximate surface area is 203 Å². The van der Waals surface area contributed by atoms with Gasteiger partial charge in [-0.05, 0) is 54.0 Å². The van der Waals surface area contributed by atoms with Crippen molar-refractivity contribution in [2.75, 3.05) is 13.2 Å². The van der Waals surface area contributed by atoms with Crippen molar-refractivity contribution in [2.45, 2.75) is 13.5 Å². The van der Waals surface area contributed by atoms with Crippen molar-refractivity contribution in [1.82, 2.24) is 10.7 Å². The zero-order chi connectivity index (χ0) is 22.8. The summed E-state index contributed by atoms with van der Waals surface area (Å²) in [5.41, 5.74) is 5.67. The maximum Gasteiger partial charge on any atom is 0.187 e. The van der Waals surface area contributed by atoms with Crippen LogP contribution in [0, 0.1) is 6.92 Å². The zero-order valence-electron chi connectivity index (χ0n) is 17.5. The highest BCUT2D eigenvalue weighted by atomic mass is 35.5. The van der Waals surface area contributed by atoms with E-state index < -0.39 is 0 Å². The Kier molecular flexibility index (Phi) is 9.16. The van der Waals surface area contributed by atoms with Crippen LogP contribution in [-0.2, 0) is 6.54 Å². The van der Waals surface area contributed by atoms with Gasteiger partial charge in [0.15, 0.2) is 10.9 Å². The molecule has 0 aliphatic heterocycles. The Bertz CT molecular complexity index is 1050. The van der Waals surface area contributed by atoms with Gasteiger partial charge >= 0.3 is 0 Å². The van der Waals surface area contributed by atoms with Crippen molar-refractivity contribution in [2.24, 2.45) is 5.10 Å². The lowest BCUT2D eigenvalue weighted by atomic mass is 10.2. The molecule has 0 saturated heterocycles. The van der Waals surface area contributed by atoms with E-state index in [1.807, 2.05) is 61.5 Å². The van der Waals surface area contributed by atoms with Crippen LogP contribution in [0.15, 0.2) is 71.8 Å². The molecule has 0 radical (unpaired) electrons. The van der Waals surface area contributed by atoms with Crippen molar-refractivity contribution >= 4 is 46.7 Å². The molecule has 32 heavy (non-hydrogen) atoms. The molecule has 0 unspecified atom stereocenters. The molecule has 8 heteroatoms. The fraction of sp³-hybridized carbons (Fsp3) is 0.167. The number of aryl methyl sites for hydroxylation is 1. The number of hydrogen-bond acceptors (Lipinski definition) is 4. The Morgan fingerprint density at radius 1 is 0.969 bits per heavy atom. The third-order valence-electron chi connectivity index (χ3n) is 4.38. The van der Waals surface area contributed by atoms with Crippen molar-refractivity contribution < 1.29 is 9.47 Å². The van der Waals surface area contributed by atoms with E-state index in [1.54, 1.807) is 18.3 Å². The monoisotopic (exact) mass is 487 g/mol. The van der Waals surface area contributed by atoms with Crippen LogP contribution in [0.1, 0.15) is 16.7 Å². The quantitative estimate of drug-likeness (QED) is 0.174. The minimum absolute atomic E-state index is 0.310. The smallest absolute Gasteiger partial charge is 0.187 e. The maximum absolute atomic E-state index is 6.34. The summed E-state index contributed by atoms with van der Waals surface area (Å²) < 4.78 is 11.4. The van der Waals surface area contributed by atoms with Crippen LogP contribution in [0.2, 0.25) is 10.0 Å². The predicted molar refractivity (Wildman–Crippen MR) is 135 cm³/mol. The number of nitrogens with one attached hydrogen (secondary N) is 2. The first-order valence-electron chi connectivity index (χ1n) is 9.94. The van der Waals surface area contributed by atoms with Gasteiger partial charge in [-0.25, -0.2) is 0 Å². The van der Waals surface area contributed by atoms with E-state index in [2.05, 4.69) is 15.8 Å². The molecule has 0 heterocycles. The lowest BCUT2D eigenvalue weighted by Gasteiger charge is -2.12. The number of hydrogen-bond donors (Lipinski definition) is 2. The first kappa shape index (κ1) is 23.9. The maximum atomic E-state index is 6.34. The number of benzene rings is 3. The molecule has 0 bridgehead atoms. The molecule has 0 spiro atoms. The van der Waals surface area contributed by atoms with Gasteiger partial charge in [-0.2, -0.15) is 5.10 Å². The van der Waals surface area contributed by atoms with Gasteiger partial charge in [-0.15, -0.1) is 0 Å². The van der Waals surface area contributed by atoms with Crippen molar-refractivity contribution in [3.8, 4) is 11.5 Å². The number of ether oxygens (including phenoxy) is 2. The number of rotatable bonds is 9. The zero-order valence-corrected chi connectivity index (χ0v) is 19.8. The summed E-state index contributed by atoms with van der Waals surface area (Å²) >= 11 is 17.9. The molecule has 0 aliphatic carbocycles. The molecule has 3 aromatic rings. The van der Waals surface area contributed by atoms with Gasteiger partial charge < -0.3 is 14.8 Å². The number of hydrazone groups is 1. The third-order valence-corrected chi connectivity index (χ3v) is 5.17. The molecule has 166 valence electrons. The molecule has 0 fully saturated rings. The highest BCUT2D eigenvalue weighted by molar-refractivity contribution is 7.80. The number of nitrogens with zero attached hydrogens (tertiary/aromatic N) is 1. The first-order valence-corrected chi connectivity index (χ1v) is 11.1. The highest BCUT2D eigenvalue weighted by Gasteiger charge is 2.10. The number of thiocarbonyl (C=S) groups is 1. The molecule has 0 amide bonds. The molecule has 0 aliphatic rings. The van der Waals surface area contributed by atoms with Crippen molar-refractivity contribution in [3.63, 3.8) is 0 Å². The average Bonchev–Trinajstić information content (AvgIpc) is 2.78. The standard InChI is InChI=1S/C24H23Cl2N3O2S/c1-17-7-5-6-10-22(17)30-11-12-31-23-20(25)13-19(14-21(23)26)16-28-29-24(32)27-15-18-8-3-2-4-9-18/h2-10,13-14,16H,11-12,15H2,1H3,(H2,27,29,32). The van der Waals surface area contributed by atoms with Gasteiger partial charge in [0.25, 0.3) is 0 Å². The van der Waals surface area contributed by atoms with E-state index in [0.717, 1.165) is 16.9 Å². The minimum atomic E-state index is 0.310. The number of halogens is 2. The van der Waals surface area contributed by atoms with Gasteiger partial charge in [0.1, 0.15) is 19.0 Å². The second-order valence-electron chi connectivity index (χ2n) is 6.81. The molecular formula is C24H23Cl2N3O2S. The molecule has 3 aromatic carbocycles. The van der Waals surface area contributed by atoms with Crippen LogP contribution in [0.3, 0.4) is 0 Å². The van der Waals surface area contributed by atoms with Crippen molar-refractivity contribution in [3.05, 3.63) is 93.5 Å². The normalized spacial score (nSPS) is 10.7. The summed E-state index contributed by atoms with van der Waals surface area (Å²) in [7, 11) is 0. The van der Waals surface area contributed by atoms with Crippen LogP contribution >= 0.6 is 35.4 Å². The number of para-hydroxylation sites is 1. The summed E-state index contributed by atoms with van der Waals surface area (Å²) in [6.07, 6.45) is 1.58. The molecule has 0 saturated carbocycles. The first-order chi connectivity index (χ1) is 15.5. The molecule has 3 rings (SSSR count). The van der Waals surface area contributed by atoms with Crippen LogP contribution < -0.4 is 20.2 Å². The Morgan fingerprint density at radius 3 is 2.34 bits per heavy atom. The Morgan fingerprint density at radius 2 is 1.62 bits per heavy atom. The van der Waals surface area contributed by atoms with Gasteiger partial charge in [-0.1, -0.05) is 71.7 Å². The van der Waals surface area contributed by atoms with E-state index in [0.29, 0.717) is 46.2 Å². The van der Waals surface area contributed by atoms with Crippen LogP contribution in [0.4, 0.5) is 0 Å². The van der Waals surface area contributed by atoms with Crippen LogP contribution in [0.25, 0.3) is 0 Å².